The second kappa shape index (κ2) is 7.78. The standard InChI is InChI=1S/C20H21Cl2N3O2S/c1-20(2,3)19-17(13-25(23-19)12-14-8-5-4-6-9-14)28(26,27)24-16-11-7-10-15(21)18(16)22/h4-11,13,24H,12H2,1-3H3. The van der Waals surface area contributed by atoms with Crippen LogP contribution in [-0.2, 0) is 22.0 Å². The summed E-state index contributed by atoms with van der Waals surface area (Å²) >= 11 is 12.2. The number of hydrogen-bond donors (Lipinski definition) is 1. The van der Waals surface area contributed by atoms with Gasteiger partial charge in [0.1, 0.15) is 4.90 Å². The minimum atomic E-state index is -3.91. The number of sulfonamides is 1. The Balaban J connectivity index is 2.02. The van der Waals surface area contributed by atoms with Crippen LogP contribution in [0.15, 0.2) is 59.6 Å². The van der Waals surface area contributed by atoms with Crippen LogP contribution in [0, 0.1) is 0 Å². The van der Waals surface area contributed by atoms with Crippen molar-refractivity contribution in [3.8, 4) is 0 Å². The number of nitrogens with zero attached hydrogens (tertiary/aromatic N) is 2. The van der Waals surface area contributed by atoms with Crippen molar-refractivity contribution in [1.82, 2.24) is 9.78 Å². The summed E-state index contributed by atoms with van der Waals surface area (Å²) in [5.74, 6) is 0. The molecule has 0 bridgehead atoms. The van der Waals surface area contributed by atoms with Gasteiger partial charge in [-0.2, -0.15) is 5.10 Å². The fourth-order valence-corrected chi connectivity index (χ4v) is 4.59. The molecule has 0 spiro atoms. The van der Waals surface area contributed by atoms with Gasteiger partial charge in [0.25, 0.3) is 10.0 Å². The summed E-state index contributed by atoms with van der Waals surface area (Å²) in [4.78, 5) is 0.118. The molecule has 0 fully saturated rings. The molecule has 2 aromatic carbocycles. The third kappa shape index (κ3) is 4.51. The number of hydrogen-bond acceptors (Lipinski definition) is 3. The van der Waals surface area contributed by atoms with Crippen LogP contribution < -0.4 is 4.72 Å². The molecule has 5 nitrogen and oxygen atoms in total. The average Bonchev–Trinajstić information content (AvgIpc) is 3.05. The van der Waals surface area contributed by atoms with Gasteiger partial charge in [0, 0.05) is 11.6 Å². The van der Waals surface area contributed by atoms with Crippen LogP contribution in [-0.4, -0.2) is 18.2 Å². The van der Waals surface area contributed by atoms with E-state index in [2.05, 4.69) is 9.82 Å². The van der Waals surface area contributed by atoms with Crippen molar-refractivity contribution in [3.05, 3.63) is 76.0 Å². The molecule has 0 aliphatic carbocycles. The summed E-state index contributed by atoms with van der Waals surface area (Å²) in [5.41, 5.74) is 1.27. The topological polar surface area (TPSA) is 64.0 Å². The van der Waals surface area contributed by atoms with Gasteiger partial charge in [-0.15, -0.1) is 0 Å². The lowest BCUT2D eigenvalue weighted by Gasteiger charge is -2.18. The molecular formula is C20H21Cl2N3O2S. The normalized spacial score (nSPS) is 12.2. The Morgan fingerprint density at radius 2 is 1.71 bits per heavy atom. The number of anilines is 1. The van der Waals surface area contributed by atoms with Crippen molar-refractivity contribution in [1.29, 1.82) is 0 Å². The monoisotopic (exact) mass is 437 g/mol. The van der Waals surface area contributed by atoms with Crippen molar-refractivity contribution < 1.29 is 8.42 Å². The maximum absolute atomic E-state index is 13.1. The van der Waals surface area contributed by atoms with Crippen molar-refractivity contribution in [2.24, 2.45) is 0 Å². The van der Waals surface area contributed by atoms with Crippen LogP contribution in [0.5, 0.6) is 0 Å². The highest BCUT2D eigenvalue weighted by Crippen LogP contribution is 2.33. The smallest absolute Gasteiger partial charge is 0.265 e. The Labute approximate surface area is 175 Å². The molecule has 0 saturated heterocycles. The molecule has 3 rings (SSSR count). The minimum absolute atomic E-state index is 0.118. The quantitative estimate of drug-likeness (QED) is 0.585. The Morgan fingerprint density at radius 3 is 2.36 bits per heavy atom. The second-order valence-corrected chi connectivity index (χ2v) is 9.92. The van der Waals surface area contributed by atoms with Gasteiger partial charge in [-0.1, -0.05) is 80.4 Å². The first-order chi connectivity index (χ1) is 13.1. The van der Waals surface area contributed by atoms with Gasteiger partial charge in [0.05, 0.1) is 28.0 Å². The lowest BCUT2D eigenvalue weighted by molar-refractivity contribution is 0.533. The first-order valence-electron chi connectivity index (χ1n) is 8.66. The molecule has 1 N–H and O–H groups in total. The van der Waals surface area contributed by atoms with E-state index in [1.165, 1.54) is 0 Å². The molecule has 8 heteroatoms. The van der Waals surface area contributed by atoms with Crippen LogP contribution in [0.2, 0.25) is 10.0 Å². The summed E-state index contributed by atoms with van der Waals surface area (Å²) in [7, 11) is -3.91. The highest BCUT2D eigenvalue weighted by atomic mass is 35.5. The molecule has 1 aromatic heterocycles. The van der Waals surface area contributed by atoms with Gasteiger partial charge in [-0.25, -0.2) is 8.42 Å². The van der Waals surface area contributed by atoms with Crippen LogP contribution in [0.1, 0.15) is 32.0 Å². The molecule has 28 heavy (non-hydrogen) atoms. The van der Waals surface area contributed by atoms with Crippen LogP contribution >= 0.6 is 23.2 Å². The first kappa shape index (κ1) is 20.7. The zero-order chi connectivity index (χ0) is 20.5. The van der Waals surface area contributed by atoms with E-state index in [0.29, 0.717) is 12.2 Å². The second-order valence-electron chi connectivity index (χ2n) is 7.48. The van der Waals surface area contributed by atoms with Crippen molar-refractivity contribution in [2.75, 3.05) is 4.72 Å². The summed E-state index contributed by atoms with van der Waals surface area (Å²) in [6.45, 7) is 6.24. The molecule has 0 amide bonds. The van der Waals surface area contributed by atoms with E-state index in [4.69, 9.17) is 23.2 Å². The van der Waals surface area contributed by atoms with Gasteiger partial charge in [-0.3, -0.25) is 9.40 Å². The lowest BCUT2D eigenvalue weighted by atomic mass is 9.92. The molecule has 0 unspecified atom stereocenters. The number of benzene rings is 2. The number of rotatable bonds is 5. The molecule has 3 aromatic rings. The Bertz CT molecular complexity index is 1090. The molecule has 0 saturated carbocycles. The zero-order valence-corrected chi connectivity index (χ0v) is 18.1. The molecule has 0 atom stereocenters. The third-order valence-corrected chi connectivity index (χ3v) is 6.30. The van der Waals surface area contributed by atoms with Gasteiger partial charge >= 0.3 is 0 Å². The Kier molecular flexibility index (Phi) is 5.75. The fourth-order valence-electron chi connectivity index (χ4n) is 2.75. The third-order valence-electron chi connectivity index (χ3n) is 4.11. The van der Waals surface area contributed by atoms with Crippen molar-refractivity contribution >= 4 is 38.9 Å². The lowest BCUT2D eigenvalue weighted by Crippen LogP contribution is -2.20. The summed E-state index contributed by atoms with van der Waals surface area (Å²) in [5, 5.41) is 4.99. The minimum Gasteiger partial charge on any atom is -0.278 e. The van der Waals surface area contributed by atoms with Gasteiger partial charge in [-0.05, 0) is 17.7 Å². The predicted molar refractivity (Wildman–Crippen MR) is 114 cm³/mol. The molecule has 0 radical (unpaired) electrons. The SMILES string of the molecule is CC(C)(C)c1nn(Cc2ccccc2)cc1S(=O)(=O)Nc1cccc(Cl)c1Cl. The average molecular weight is 438 g/mol. The van der Waals surface area contributed by atoms with Crippen molar-refractivity contribution in [3.63, 3.8) is 0 Å². The maximum atomic E-state index is 13.1. The fraction of sp³-hybridized carbons (Fsp3) is 0.250. The van der Waals surface area contributed by atoms with Crippen LogP contribution in [0.4, 0.5) is 5.69 Å². The molecule has 1 heterocycles. The number of nitrogens with one attached hydrogen (secondary N) is 1. The van der Waals surface area contributed by atoms with Gasteiger partial charge in [0.2, 0.25) is 0 Å². The first-order valence-corrected chi connectivity index (χ1v) is 10.9. The molecular weight excluding hydrogens is 417 g/mol. The van der Waals surface area contributed by atoms with Crippen LogP contribution in [0.25, 0.3) is 0 Å². The Morgan fingerprint density at radius 1 is 1.04 bits per heavy atom. The highest BCUT2D eigenvalue weighted by Gasteiger charge is 2.30. The molecule has 0 aliphatic heterocycles. The summed E-state index contributed by atoms with van der Waals surface area (Å²) in [6.07, 6.45) is 1.55. The van der Waals surface area contributed by atoms with E-state index in [-0.39, 0.29) is 20.6 Å². The van der Waals surface area contributed by atoms with E-state index in [9.17, 15) is 8.42 Å². The highest BCUT2D eigenvalue weighted by molar-refractivity contribution is 7.92. The number of halogens is 2. The predicted octanol–water partition coefficient (Wildman–Crippen LogP) is 5.34. The van der Waals surface area contributed by atoms with Crippen molar-refractivity contribution in [2.45, 2.75) is 37.6 Å². The van der Waals surface area contributed by atoms with Gasteiger partial charge in [0.15, 0.2) is 0 Å². The largest absolute Gasteiger partial charge is 0.278 e. The van der Waals surface area contributed by atoms with E-state index in [0.717, 1.165) is 5.56 Å². The van der Waals surface area contributed by atoms with Crippen LogP contribution in [0.3, 0.4) is 0 Å². The summed E-state index contributed by atoms with van der Waals surface area (Å²) < 4.78 is 30.4. The van der Waals surface area contributed by atoms with E-state index >= 15 is 0 Å². The zero-order valence-electron chi connectivity index (χ0n) is 15.8. The van der Waals surface area contributed by atoms with E-state index < -0.39 is 15.4 Å². The van der Waals surface area contributed by atoms with E-state index in [1.54, 1.807) is 29.1 Å². The number of aromatic nitrogens is 2. The maximum Gasteiger partial charge on any atom is 0.265 e. The Hall–Kier alpha value is -2.02. The van der Waals surface area contributed by atoms with Gasteiger partial charge < -0.3 is 0 Å². The molecule has 0 aliphatic rings. The van der Waals surface area contributed by atoms with E-state index in [1.807, 2.05) is 51.1 Å². The summed E-state index contributed by atoms with van der Waals surface area (Å²) in [6, 6.07) is 14.5. The molecule has 148 valence electrons.